The highest BCUT2D eigenvalue weighted by Crippen LogP contribution is 2.31. The van der Waals surface area contributed by atoms with Gasteiger partial charge in [-0.15, -0.1) is 0 Å². The van der Waals surface area contributed by atoms with Crippen molar-refractivity contribution in [1.29, 1.82) is 0 Å². The first kappa shape index (κ1) is 22.5. The Kier molecular flexibility index (Phi) is 7.31. The van der Waals surface area contributed by atoms with Gasteiger partial charge in [-0.05, 0) is 65.9 Å². The molecule has 0 radical (unpaired) electrons. The Balaban J connectivity index is 1.43. The van der Waals surface area contributed by atoms with Crippen molar-refractivity contribution in [2.45, 2.75) is 39.2 Å². The Bertz CT molecular complexity index is 1190. The summed E-state index contributed by atoms with van der Waals surface area (Å²) in [6, 6.07) is 28.5. The average molecular weight is 436 g/mol. The Labute approximate surface area is 196 Å². The van der Waals surface area contributed by atoms with E-state index >= 15 is 0 Å². The Morgan fingerprint density at radius 2 is 1.58 bits per heavy atom. The maximum atomic E-state index is 13.1. The van der Waals surface area contributed by atoms with Crippen molar-refractivity contribution >= 4 is 5.78 Å². The van der Waals surface area contributed by atoms with E-state index in [0.29, 0.717) is 19.4 Å². The summed E-state index contributed by atoms with van der Waals surface area (Å²) in [5.41, 5.74) is 6.94. The van der Waals surface area contributed by atoms with E-state index in [-0.39, 0.29) is 11.7 Å². The average Bonchev–Trinajstić information content (AvgIpc) is 2.84. The zero-order chi connectivity index (χ0) is 23.0. The molecule has 3 heteroatoms. The molecule has 1 aromatic heterocycles. The number of rotatable bonds is 9. The van der Waals surface area contributed by atoms with Crippen LogP contribution < -0.4 is 4.74 Å². The number of nitrogens with zero attached hydrogens (tertiary/aromatic N) is 1. The minimum atomic E-state index is 0.0577. The lowest BCUT2D eigenvalue weighted by Gasteiger charge is -2.20. The van der Waals surface area contributed by atoms with Crippen molar-refractivity contribution in [1.82, 2.24) is 4.98 Å². The van der Waals surface area contributed by atoms with Crippen LogP contribution in [0, 0.1) is 13.8 Å². The molecule has 1 unspecified atom stereocenters. The highest BCUT2D eigenvalue weighted by atomic mass is 16.5. The van der Waals surface area contributed by atoms with Crippen molar-refractivity contribution < 1.29 is 9.53 Å². The molecule has 0 bridgehead atoms. The summed E-state index contributed by atoms with van der Waals surface area (Å²) in [5.74, 6) is 1.08. The fourth-order valence-electron chi connectivity index (χ4n) is 4.19. The molecule has 1 atom stereocenters. The van der Waals surface area contributed by atoms with Crippen LogP contribution in [-0.2, 0) is 17.8 Å². The molecule has 0 aliphatic heterocycles. The van der Waals surface area contributed by atoms with Crippen molar-refractivity contribution in [3.8, 4) is 5.75 Å². The van der Waals surface area contributed by atoms with Crippen molar-refractivity contribution in [2.75, 3.05) is 0 Å². The maximum absolute atomic E-state index is 13.1. The zero-order valence-electron chi connectivity index (χ0n) is 19.2. The second-order valence-electron chi connectivity index (χ2n) is 8.53. The topological polar surface area (TPSA) is 39.2 Å². The quantitative estimate of drug-likeness (QED) is 0.297. The van der Waals surface area contributed by atoms with E-state index in [1.807, 2.05) is 54.6 Å². The number of hydrogen-bond donors (Lipinski definition) is 0. The van der Waals surface area contributed by atoms with Crippen LogP contribution in [-0.4, -0.2) is 10.8 Å². The van der Waals surface area contributed by atoms with Gasteiger partial charge in [0.2, 0.25) is 0 Å². The van der Waals surface area contributed by atoms with Gasteiger partial charge in [0, 0.05) is 31.2 Å². The lowest BCUT2D eigenvalue weighted by Crippen LogP contribution is -2.12. The van der Waals surface area contributed by atoms with Gasteiger partial charge < -0.3 is 4.74 Å². The van der Waals surface area contributed by atoms with Gasteiger partial charge in [0.15, 0.2) is 0 Å². The van der Waals surface area contributed by atoms with Crippen LogP contribution in [0.5, 0.6) is 5.75 Å². The summed E-state index contributed by atoms with van der Waals surface area (Å²) in [6.45, 7) is 4.73. The third kappa shape index (κ3) is 6.17. The molecule has 0 spiro atoms. The summed E-state index contributed by atoms with van der Waals surface area (Å²) in [5, 5.41) is 0. The smallest absolute Gasteiger partial charge is 0.138 e. The molecule has 3 aromatic carbocycles. The molecule has 0 aliphatic carbocycles. The first-order valence-corrected chi connectivity index (χ1v) is 11.3. The molecule has 166 valence electrons. The van der Waals surface area contributed by atoms with Gasteiger partial charge in [0.25, 0.3) is 0 Å². The van der Waals surface area contributed by atoms with Crippen LogP contribution in [0.4, 0.5) is 0 Å². The summed E-state index contributed by atoms with van der Waals surface area (Å²) in [6.07, 6.45) is 4.41. The Hall–Kier alpha value is -3.72. The molecule has 3 nitrogen and oxygen atoms in total. The van der Waals surface area contributed by atoms with Gasteiger partial charge in [-0.3, -0.25) is 9.78 Å². The van der Waals surface area contributed by atoms with Crippen LogP contribution >= 0.6 is 0 Å². The number of aromatic nitrogens is 1. The second-order valence-corrected chi connectivity index (χ2v) is 8.53. The molecule has 0 fully saturated rings. The minimum absolute atomic E-state index is 0.0577. The van der Waals surface area contributed by atoms with Crippen molar-refractivity contribution in [3.05, 3.63) is 131 Å². The second kappa shape index (κ2) is 10.7. The number of ether oxygens (including phenoxy) is 1. The fraction of sp³-hybridized carbons (Fsp3) is 0.200. The largest absolute Gasteiger partial charge is 0.489 e. The third-order valence-electron chi connectivity index (χ3n) is 5.91. The molecule has 0 amide bonds. The molecule has 4 aromatic rings. The standard InChI is InChI=1S/C30H29NO2/c1-22-8-13-29(23(2)18-22)30(26-6-4-3-5-7-26)20-27(32)19-24-9-11-28(12-10-24)33-21-25-14-16-31-17-15-25/h3-18,30H,19-21H2,1-2H3. The molecule has 0 N–H and O–H groups in total. The summed E-state index contributed by atoms with van der Waals surface area (Å²) in [4.78, 5) is 17.1. The van der Waals surface area contributed by atoms with E-state index in [0.717, 1.165) is 16.9 Å². The first-order chi connectivity index (χ1) is 16.1. The summed E-state index contributed by atoms with van der Waals surface area (Å²) < 4.78 is 5.84. The van der Waals surface area contributed by atoms with Crippen LogP contribution in [0.2, 0.25) is 0 Å². The van der Waals surface area contributed by atoms with Gasteiger partial charge in [0.05, 0.1) is 0 Å². The monoisotopic (exact) mass is 435 g/mol. The molecule has 0 aliphatic rings. The van der Waals surface area contributed by atoms with Crippen molar-refractivity contribution in [2.24, 2.45) is 0 Å². The normalized spacial score (nSPS) is 11.7. The number of ketones is 1. The van der Waals surface area contributed by atoms with E-state index in [4.69, 9.17) is 4.74 Å². The molecular weight excluding hydrogens is 406 g/mol. The van der Waals surface area contributed by atoms with Crippen LogP contribution in [0.3, 0.4) is 0 Å². The highest BCUT2D eigenvalue weighted by Gasteiger charge is 2.20. The minimum Gasteiger partial charge on any atom is -0.489 e. The number of hydrogen-bond acceptors (Lipinski definition) is 3. The maximum Gasteiger partial charge on any atom is 0.138 e. The van der Waals surface area contributed by atoms with Gasteiger partial charge in [-0.1, -0.05) is 66.2 Å². The number of Topliss-reactive ketones (excluding diaryl/α,β-unsaturated/α-hetero) is 1. The number of aryl methyl sites for hydroxylation is 2. The van der Waals surface area contributed by atoms with Crippen LogP contribution in [0.1, 0.15) is 45.7 Å². The predicted octanol–water partition coefficient (Wildman–Crippen LogP) is 6.61. The van der Waals surface area contributed by atoms with Crippen LogP contribution in [0.15, 0.2) is 97.3 Å². The van der Waals surface area contributed by atoms with Gasteiger partial charge >= 0.3 is 0 Å². The summed E-state index contributed by atoms with van der Waals surface area (Å²) >= 11 is 0. The van der Waals surface area contributed by atoms with Gasteiger partial charge in [-0.2, -0.15) is 0 Å². The SMILES string of the molecule is Cc1ccc(C(CC(=O)Cc2ccc(OCc3ccncc3)cc2)c2ccccc2)c(C)c1. The van der Waals surface area contributed by atoms with E-state index in [9.17, 15) is 4.79 Å². The number of carbonyl (C=O) groups excluding carboxylic acids is 1. The predicted molar refractivity (Wildman–Crippen MR) is 133 cm³/mol. The van der Waals surface area contributed by atoms with Gasteiger partial charge in [0.1, 0.15) is 18.1 Å². The Morgan fingerprint density at radius 3 is 2.27 bits per heavy atom. The third-order valence-corrected chi connectivity index (χ3v) is 5.91. The van der Waals surface area contributed by atoms with Gasteiger partial charge in [-0.25, -0.2) is 0 Å². The number of benzene rings is 3. The van der Waals surface area contributed by atoms with E-state index < -0.39 is 0 Å². The van der Waals surface area contributed by atoms with E-state index in [1.54, 1.807) is 12.4 Å². The molecular formula is C30H29NO2. The molecule has 33 heavy (non-hydrogen) atoms. The van der Waals surface area contributed by atoms with E-state index in [2.05, 4.69) is 49.2 Å². The molecule has 0 saturated carbocycles. The number of carbonyl (C=O) groups is 1. The number of pyridine rings is 1. The van der Waals surface area contributed by atoms with Crippen LogP contribution in [0.25, 0.3) is 0 Å². The molecule has 0 saturated heterocycles. The molecule has 4 rings (SSSR count). The summed E-state index contributed by atoms with van der Waals surface area (Å²) in [7, 11) is 0. The van der Waals surface area contributed by atoms with E-state index in [1.165, 1.54) is 22.3 Å². The highest BCUT2D eigenvalue weighted by molar-refractivity contribution is 5.82. The zero-order valence-corrected chi connectivity index (χ0v) is 19.2. The first-order valence-electron chi connectivity index (χ1n) is 11.3. The lowest BCUT2D eigenvalue weighted by molar-refractivity contribution is -0.118. The van der Waals surface area contributed by atoms with Crippen molar-refractivity contribution in [3.63, 3.8) is 0 Å². The lowest BCUT2D eigenvalue weighted by atomic mass is 9.83. The fourth-order valence-corrected chi connectivity index (χ4v) is 4.19. The Morgan fingerprint density at radius 1 is 0.848 bits per heavy atom. The molecule has 1 heterocycles.